The molecule has 1 aliphatic carbocycles. The van der Waals surface area contributed by atoms with E-state index in [0.29, 0.717) is 18.9 Å². The van der Waals surface area contributed by atoms with Crippen molar-refractivity contribution < 1.29 is 14.3 Å². The van der Waals surface area contributed by atoms with Crippen molar-refractivity contribution in [2.75, 3.05) is 6.61 Å². The van der Waals surface area contributed by atoms with Crippen LogP contribution in [-0.4, -0.2) is 24.5 Å². The van der Waals surface area contributed by atoms with E-state index in [-0.39, 0.29) is 17.8 Å². The Balaban J connectivity index is 1.78. The van der Waals surface area contributed by atoms with Gasteiger partial charge >= 0.3 is 5.97 Å². The van der Waals surface area contributed by atoms with Crippen LogP contribution in [0.5, 0.6) is 0 Å². The van der Waals surface area contributed by atoms with Gasteiger partial charge < -0.3 is 10.1 Å². The van der Waals surface area contributed by atoms with E-state index in [9.17, 15) is 9.59 Å². The molecule has 1 saturated heterocycles. The molecule has 1 aromatic carbocycles. The first-order valence-corrected chi connectivity index (χ1v) is 7.25. The third-order valence-corrected chi connectivity index (χ3v) is 4.08. The van der Waals surface area contributed by atoms with Gasteiger partial charge in [-0.05, 0) is 36.8 Å². The summed E-state index contributed by atoms with van der Waals surface area (Å²) in [6.07, 6.45) is 2.90. The molecule has 1 aromatic rings. The van der Waals surface area contributed by atoms with Gasteiger partial charge in [-0.25, -0.2) is 4.79 Å². The average molecular weight is 273 g/mol. The smallest absolute Gasteiger partial charge is 0.329 e. The van der Waals surface area contributed by atoms with Crippen LogP contribution >= 0.6 is 0 Å². The SMILES string of the molecule is CCOC(=O)C1NC(=O)CC1c1ccc(C2CC2)cc1. The number of nitrogens with one attached hydrogen (secondary N) is 1. The van der Waals surface area contributed by atoms with Gasteiger partial charge in [0.05, 0.1) is 6.61 Å². The topological polar surface area (TPSA) is 55.4 Å². The molecule has 106 valence electrons. The minimum absolute atomic E-state index is 0.0840. The molecule has 4 nitrogen and oxygen atoms in total. The molecule has 1 saturated carbocycles. The highest BCUT2D eigenvalue weighted by molar-refractivity contribution is 5.90. The monoisotopic (exact) mass is 273 g/mol. The molecule has 0 spiro atoms. The molecule has 2 fully saturated rings. The van der Waals surface area contributed by atoms with Gasteiger partial charge in [0.2, 0.25) is 5.91 Å². The highest BCUT2D eigenvalue weighted by Crippen LogP contribution is 2.40. The summed E-state index contributed by atoms with van der Waals surface area (Å²) < 4.78 is 5.04. The predicted molar refractivity (Wildman–Crippen MR) is 74.3 cm³/mol. The Morgan fingerprint density at radius 1 is 1.25 bits per heavy atom. The zero-order valence-corrected chi connectivity index (χ0v) is 11.6. The Labute approximate surface area is 118 Å². The fourth-order valence-corrected chi connectivity index (χ4v) is 2.85. The van der Waals surface area contributed by atoms with Crippen molar-refractivity contribution in [3.05, 3.63) is 35.4 Å². The van der Waals surface area contributed by atoms with Crippen LogP contribution in [0.1, 0.15) is 49.1 Å². The van der Waals surface area contributed by atoms with E-state index in [1.807, 2.05) is 12.1 Å². The number of carbonyl (C=O) groups excluding carboxylic acids is 2. The van der Waals surface area contributed by atoms with Crippen molar-refractivity contribution in [3.63, 3.8) is 0 Å². The first kappa shape index (κ1) is 13.2. The van der Waals surface area contributed by atoms with Crippen LogP contribution in [0.15, 0.2) is 24.3 Å². The van der Waals surface area contributed by atoms with E-state index >= 15 is 0 Å². The van der Waals surface area contributed by atoms with Gasteiger partial charge in [0.1, 0.15) is 6.04 Å². The van der Waals surface area contributed by atoms with Crippen molar-refractivity contribution in [2.24, 2.45) is 0 Å². The summed E-state index contributed by atoms with van der Waals surface area (Å²) in [6, 6.07) is 7.79. The molecule has 20 heavy (non-hydrogen) atoms. The van der Waals surface area contributed by atoms with Crippen LogP contribution in [0.2, 0.25) is 0 Å². The van der Waals surface area contributed by atoms with Crippen molar-refractivity contribution in [1.29, 1.82) is 0 Å². The summed E-state index contributed by atoms with van der Waals surface area (Å²) in [5, 5.41) is 2.72. The zero-order chi connectivity index (χ0) is 14.1. The maximum atomic E-state index is 11.9. The molecule has 2 aliphatic rings. The van der Waals surface area contributed by atoms with E-state index in [0.717, 1.165) is 5.56 Å². The first-order chi connectivity index (χ1) is 9.69. The van der Waals surface area contributed by atoms with E-state index < -0.39 is 6.04 Å². The van der Waals surface area contributed by atoms with Gasteiger partial charge in [-0.2, -0.15) is 0 Å². The molecule has 1 heterocycles. The lowest BCUT2D eigenvalue weighted by Crippen LogP contribution is -2.37. The lowest BCUT2D eigenvalue weighted by atomic mass is 9.91. The minimum Gasteiger partial charge on any atom is -0.464 e. The lowest BCUT2D eigenvalue weighted by molar-refractivity contribution is -0.146. The van der Waals surface area contributed by atoms with Crippen LogP contribution in [0, 0.1) is 0 Å². The number of benzene rings is 1. The molecule has 1 N–H and O–H groups in total. The van der Waals surface area contributed by atoms with Crippen molar-refractivity contribution in [1.82, 2.24) is 5.32 Å². The Kier molecular flexibility index (Phi) is 3.47. The number of rotatable bonds is 4. The number of hydrogen-bond acceptors (Lipinski definition) is 3. The zero-order valence-electron chi connectivity index (χ0n) is 11.6. The number of amides is 1. The standard InChI is InChI=1S/C16H19NO3/c1-2-20-16(19)15-13(9-14(18)17-15)12-7-5-11(6-8-12)10-3-4-10/h5-8,10,13,15H,2-4,9H2,1H3,(H,17,18). The number of hydrogen-bond donors (Lipinski definition) is 1. The Morgan fingerprint density at radius 3 is 2.50 bits per heavy atom. The van der Waals surface area contributed by atoms with Crippen molar-refractivity contribution in [2.45, 2.75) is 44.1 Å². The van der Waals surface area contributed by atoms with Crippen molar-refractivity contribution >= 4 is 11.9 Å². The Hall–Kier alpha value is -1.84. The van der Waals surface area contributed by atoms with Crippen LogP contribution in [0.3, 0.4) is 0 Å². The van der Waals surface area contributed by atoms with Gasteiger partial charge in [0, 0.05) is 12.3 Å². The summed E-state index contributed by atoms with van der Waals surface area (Å²) >= 11 is 0. The molecule has 0 bridgehead atoms. The summed E-state index contributed by atoms with van der Waals surface area (Å²) in [7, 11) is 0. The van der Waals surface area contributed by atoms with Crippen LogP contribution in [0.4, 0.5) is 0 Å². The van der Waals surface area contributed by atoms with Gasteiger partial charge in [-0.15, -0.1) is 0 Å². The summed E-state index contributed by atoms with van der Waals surface area (Å²) in [6.45, 7) is 2.10. The van der Waals surface area contributed by atoms with Crippen molar-refractivity contribution in [3.8, 4) is 0 Å². The maximum Gasteiger partial charge on any atom is 0.329 e. The fraction of sp³-hybridized carbons (Fsp3) is 0.500. The molecule has 2 atom stereocenters. The lowest BCUT2D eigenvalue weighted by Gasteiger charge is -2.17. The molecule has 0 aromatic heterocycles. The summed E-state index contributed by atoms with van der Waals surface area (Å²) in [5.74, 6) is 0.178. The Bertz CT molecular complexity index is 519. The fourth-order valence-electron chi connectivity index (χ4n) is 2.85. The summed E-state index contributed by atoms with van der Waals surface area (Å²) in [5.41, 5.74) is 2.39. The number of carbonyl (C=O) groups is 2. The van der Waals surface area contributed by atoms with Gasteiger partial charge in [0.25, 0.3) is 0 Å². The van der Waals surface area contributed by atoms with E-state index in [4.69, 9.17) is 4.74 Å². The second-order valence-electron chi connectivity index (χ2n) is 5.55. The van der Waals surface area contributed by atoms with Crippen LogP contribution in [-0.2, 0) is 14.3 Å². The molecule has 1 amide bonds. The largest absolute Gasteiger partial charge is 0.464 e. The third-order valence-electron chi connectivity index (χ3n) is 4.08. The van der Waals surface area contributed by atoms with E-state index in [1.165, 1.54) is 18.4 Å². The molecule has 2 unspecified atom stereocenters. The Morgan fingerprint density at radius 2 is 1.90 bits per heavy atom. The maximum absolute atomic E-state index is 11.9. The van der Waals surface area contributed by atoms with E-state index in [2.05, 4.69) is 17.4 Å². The molecular weight excluding hydrogens is 254 g/mol. The van der Waals surface area contributed by atoms with Gasteiger partial charge in [-0.3, -0.25) is 4.79 Å². The van der Waals surface area contributed by atoms with Gasteiger partial charge in [-0.1, -0.05) is 24.3 Å². The predicted octanol–water partition coefficient (Wildman–Crippen LogP) is 2.10. The summed E-state index contributed by atoms with van der Waals surface area (Å²) in [4.78, 5) is 23.5. The minimum atomic E-state index is -0.547. The normalized spacial score (nSPS) is 25.4. The molecule has 1 aliphatic heterocycles. The second kappa shape index (κ2) is 5.27. The quantitative estimate of drug-likeness (QED) is 0.855. The van der Waals surface area contributed by atoms with Gasteiger partial charge in [0.15, 0.2) is 0 Å². The molecule has 3 rings (SSSR count). The van der Waals surface area contributed by atoms with E-state index in [1.54, 1.807) is 6.92 Å². The first-order valence-electron chi connectivity index (χ1n) is 7.25. The average Bonchev–Trinajstić information content (AvgIpc) is 3.22. The van der Waals surface area contributed by atoms with Crippen LogP contribution in [0.25, 0.3) is 0 Å². The molecule has 0 radical (unpaired) electrons. The highest BCUT2D eigenvalue weighted by atomic mass is 16.5. The number of ether oxygens (including phenoxy) is 1. The van der Waals surface area contributed by atoms with Crippen LogP contribution < -0.4 is 5.32 Å². The highest BCUT2D eigenvalue weighted by Gasteiger charge is 2.39. The second-order valence-corrected chi connectivity index (χ2v) is 5.55. The molecular formula is C16H19NO3. The molecule has 4 heteroatoms. The third kappa shape index (κ3) is 2.55. The number of esters is 1.